The fraction of sp³-hybridized carbons (Fsp3) is 0.333. The van der Waals surface area contributed by atoms with Gasteiger partial charge in [0.15, 0.2) is 0 Å². The number of likely N-dealkylation sites (N-methyl/N-ethyl adjacent to an activating group) is 1. The van der Waals surface area contributed by atoms with Crippen molar-refractivity contribution in [3.63, 3.8) is 0 Å². The van der Waals surface area contributed by atoms with Crippen LogP contribution >= 0.6 is 0 Å². The molecule has 0 fully saturated rings. The molecule has 0 spiro atoms. The quantitative estimate of drug-likeness (QED) is 0.914. The molecule has 0 aromatic carbocycles. The van der Waals surface area contributed by atoms with Gasteiger partial charge >= 0.3 is 0 Å². The van der Waals surface area contributed by atoms with E-state index in [1.807, 2.05) is 39.1 Å². The maximum atomic E-state index is 12.3. The lowest BCUT2D eigenvalue weighted by Crippen LogP contribution is -2.29. The summed E-state index contributed by atoms with van der Waals surface area (Å²) in [6.45, 7) is 4.59. The third kappa shape index (κ3) is 3.22. The number of aromatic amines is 1. The molecule has 19 heavy (non-hydrogen) atoms. The van der Waals surface area contributed by atoms with Crippen LogP contribution in [0.15, 0.2) is 30.6 Å². The first-order valence-electron chi connectivity index (χ1n) is 6.38. The maximum Gasteiger partial charge on any atom is 0.255 e. The molecule has 1 N–H and O–H groups in total. The zero-order valence-corrected chi connectivity index (χ0v) is 11.6. The van der Waals surface area contributed by atoms with E-state index in [1.54, 1.807) is 17.3 Å². The number of nitrogens with one attached hydrogen (secondary N) is 1. The molecule has 2 aromatic heterocycles. The van der Waals surface area contributed by atoms with Crippen LogP contribution in [0.3, 0.4) is 0 Å². The van der Waals surface area contributed by atoms with Crippen LogP contribution in [0, 0.1) is 13.8 Å². The third-order valence-electron chi connectivity index (χ3n) is 3.21. The molecular weight excluding hydrogens is 238 g/mol. The molecule has 0 aliphatic rings. The predicted octanol–water partition coefficient (Wildman–Crippen LogP) is 2.34. The van der Waals surface area contributed by atoms with E-state index in [9.17, 15) is 4.79 Å². The zero-order chi connectivity index (χ0) is 13.8. The molecule has 0 radical (unpaired) electrons. The van der Waals surface area contributed by atoms with Crippen molar-refractivity contribution in [3.05, 3.63) is 53.1 Å². The van der Waals surface area contributed by atoms with Gasteiger partial charge in [-0.25, -0.2) is 0 Å². The summed E-state index contributed by atoms with van der Waals surface area (Å²) >= 11 is 0. The number of carbonyl (C=O) groups is 1. The molecule has 1 amide bonds. The Morgan fingerprint density at radius 1 is 1.32 bits per heavy atom. The highest BCUT2D eigenvalue weighted by molar-refractivity contribution is 5.95. The van der Waals surface area contributed by atoms with Crippen LogP contribution < -0.4 is 0 Å². The van der Waals surface area contributed by atoms with Gasteiger partial charge in [0.25, 0.3) is 5.91 Å². The fourth-order valence-electron chi connectivity index (χ4n) is 2.10. The Balaban J connectivity index is 1.98. The van der Waals surface area contributed by atoms with Crippen molar-refractivity contribution in [1.82, 2.24) is 14.9 Å². The predicted molar refractivity (Wildman–Crippen MR) is 75.2 cm³/mol. The minimum Gasteiger partial charge on any atom is -0.362 e. The summed E-state index contributed by atoms with van der Waals surface area (Å²) in [6.07, 6.45) is 4.39. The molecule has 0 saturated carbocycles. The molecule has 0 aliphatic heterocycles. The number of rotatable bonds is 4. The van der Waals surface area contributed by atoms with Crippen LogP contribution in [0.4, 0.5) is 0 Å². The maximum absolute atomic E-state index is 12.3. The Kier molecular flexibility index (Phi) is 4.00. The highest BCUT2D eigenvalue weighted by Gasteiger charge is 2.15. The second kappa shape index (κ2) is 5.69. The van der Waals surface area contributed by atoms with Gasteiger partial charge in [0.1, 0.15) is 0 Å². The van der Waals surface area contributed by atoms with Crippen LogP contribution in [-0.2, 0) is 6.42 Å². The number of hydrogen-bond acceptors (Lipinski definition) is 2. The highest BCUT2D eigenvalue weighted by Crippen LogP contribution is 2.12. The first-order valence-corrected chi connectivity index (χ1v) is 6.38. The monoisotopic (exact) mass is 257 g/mol. The number of pyridine rings is 1. The Bertz CT molecular complexity index is 560. The molecular formula is C15H19N3O. The van der Waals surface area contributed by atoms with Crippen molar-refractivity contribution in [1.29, 1.82) is 0 Å². The molecule has 0 bridgehead atoms. The van der Waals surface area contributed by atoms with Gasteiger partial charge in [-0.2, -0.15) is 0 Å². The molecule has 0 saturated heterocycles. The summed E-state index contributed by atoms with van der Waals surface area (Å²) < 4.78 is 0. The minimum atomic E-state index is 0.0657. The van der Waals surface area contributed by atoms with Crippen LogP contribution in [0.25, 0.3) is 0 Å². The van der Waals surface area contributed by atoms with E-state index in [1.165, 1.54) is 5.56 Å². The van der Waals surface area contributed by atoms with Gasteiger partial charge in [0.2, 0.25) is 0 Å². The van der Waals surface area contributed by atoms with E-state index >= 15 is 0 Å². The Labute approximate surface area is 113 Å². The average molecular weight is 257 g/mol. The lowest BCUT2D eigenvalue weighted by Gasteiger charge is -2.17. The average Bonchev–Trinajstić information content (AvgIpc) is 2.75. The van der Waals surface area contributed by atoms with Crippen molar-refractivity contribution in [2.24, 2.45) is 0 Å². The summed E-state index contributed by atoms with van der Waals surface area (Å²) in [5.41, 5.74) is 3.90. The normalized spacial score (nSPS) is 10.5. The number of aromatic nitrogens is 2. The standard InChI is InChI=1S/C15H19N3O/c1-11-10-14(12(2)17-11)15(19)18(3)9-6-13-4-7-16-8-5-13/h4-5,7-8,10,17H,6,9H2,1-3H3. The number of nitrogens with zero attached hydrogens (tertiary/aromatic N) is 2. The van der Waals surface area contributed by atoms with Crippen LogP contribution in [0.5, 0.6) is 0 Å². The summed E-state index contributed by atoms with van der Waals surface area (Å²) in [5, 5.41) is 0. The van der Waals surface area contributed by atoms with E-state index in [0.29, 0.717) is 6.54 Å². The minimum absolute atomic E-state index is 0.0657. The van der Waals surface area contributed by atoms with Gasteiger partial charge < -0.3 is 9.88 Å². The molecule has 2 aromatic rings. The van der Waals surface area contributed by atoms with Gasteiger partial charge in [0.05, 0.1) is 5.56 Å². The van der Waals surface area contributed by atoms with Crippen LogP contribution in [-0.4, -0.2) is 34.4 Å². The summed E-state index contributed by atoms with van der Waals surface area (Å²) in [6, 6.07) is 5.86. The van der Waals surface area contributed by atoms with Crippen molar-refractivity contribution in [2.45, 2.75) is 20.3 Å². The number of hydrogen-bond donors (Lipinski definition) is 1. The topological polar surface area (TPSA) is 49.0 Å². The fourth-order valence-corrected chi connectivity index (χ4v) is 2.10. The second-order valence-corrected chi connectivity index (χ2v) is 4.82. The summed E-state index contributed by atoms with van der Waals surface area (Å²) in [4.78, 5) is 21.2. The zero-order valence-electron chi connectivity index (χ0n) is 11.6. The Morgan fingerprint density at radius 2 is 2.00 bits per heavy atom. The van der Waals surface area contributed by atoms with Gasteiger partial charge in [0, 0.05) is 37.4 Å². The molecule has 2 heterocycles. The third-order valence-corrected chi connectivity index (χ3v) is 3.21. The van der Waals surface area contributed by atoms with Crippen molar-refractivity contribution in [2.75, 3.05) is 13.6 Å². The molecule has 0 atom stereocenters. The van der Waals surface area contributed by atoms with Crippen molar-refractivity contribution >= 4 is 5.91 Å². The van der Waals surface area contributed by atoms with Gasteiger partial charge in [-0.3, -0.25) is 9.78 Å². The smallest absolute Gasteiger partial charge is 0.255 e. The first-order chi connectivity index (χ1) is 9.08. The van der Waals surface area contributed by atoms with Gasteiger partial charge in [-0.1, -0.05) is 0 Å². The number of amides is 1. The number of carbonyl (C=O) groups excluding carboxylic acids is 1. The Hall–Kier alpha value is -2.10. The first kappa shape index (κ1) is 13.3. The molecule has 0 aliphatic carbocycles. The molecule has 0 unspecified atom stereocenters. The lowest BCUT2D eigenvalue weighted by molar-refractivity contribution is 0.0796. The van der Waals surface area contributed by atoms with E-state index in [0.717, 1.165) is 23.4 Å². The van der Waals surface area contributed by atoms with Crippen LogP contribution in [0.1, 0.15) is 27.3 Å². The van der Waals surface area contributed by atoms with Crippen molar-refractivity contribution in [3.8, 4) is 0 Å². The van der Waals surface area contributed by atoms with E-state index < -0.39 is 0 Å². The SMILES string of the molecule is Cc1cc(C(=O)N(C)CCc2ccncc2)c(C)[nH]1. The summed E-state index contributed by atoms with van der Waals surface area (Å²) in [5.74, 6) is 0.0657. The van der Waals surface area contributed by atoms with E-state index in [4.69, 9.17) is 0 Å². The largest absolute Gasteiger partial charge is 0.362 e. The van der Waals surface area contributed by atoms with Crippen molar-refractivity contribution < 1.29 is 4.79 Å². The molecule has 100 valence electrons. The Morgan fingerprint density at radius 3 is 2.58 bits per heavy atom. The highest BCUT2D eigenvalue weighted by atomic mass is 16.2. The molecule has 4 heteroatoms. The van der Waals surface area contributed by atoms with Gasteiger partial charge in [-0.05, 0) is 44.0 Å². The van der Waals surface area contributed by atoms with E-state index in [-0.39, 0.29) is 5.91 Å². The van der Waals surface area contributed by atoms with Gasteiger partial charge in [-0.15, -0.1) is 0 Å². The molecule has 2 rings (SSSR count). The van der Waals surface area contributed by atoms with E-state index in [2.05, 4.69) is 9.97 Å². The second-order valence-electron chi connectivity index (χ2n) is 4.82. The molecule has 4 nitrogen and oxygen atoms in total. The number of aryl methyl sites for hydroxylation is 2. The lowest BCUT2D eigenvalue weighted by atomic mass is 10.1. The summed E-state index contributed by atoms with van der Waals surface area (Å²) in [7, 11) is 1.84. The number of H-pyrrole nitrogens is 1. The van der Waals surface area contributed by atoms with Crippen LogP contribution in [0.2, 0.25) is 0 Å².